The Labute approximate surface area is 71.7 Å². The van der Waals surface area contributed by atoms with Gasteiger partial charge in [0.1, 0.15) is 5.82 Å². The maximum atomic E-state index is 13.0. The zero-order valence-electron chi connectivity index (χ0n) is 7.05. The van der Waals surface area contributed by atoms with Gasteiger partial charge in [-0.25, -0.2) is 4.39 Å². The Balaban J connectivity index is 3.15. The van der Waals surface area contributed by atoms with Crippen LogP contribution in [0.15, 0.2) is 30.9 Å². The third-order valence-electron chi connectivity index (χ3n) is 1.92. The zero-order valence-corrected chi connectivity index (χ0v) is 7.05. The molecule has 1 aromatic rings. The van der Waals surface area contributed by atoms with Crippen molar-refractivity contribution in [2.24, 2.45) is 5.73 Å². The Hall–Kier alpha value is -1.15. The largest absolute Gasteiger partial charge is 0.321 e. The van der Waals surface area contributed by atoms with Crippen LogP contribution >= 0.6 is 0 Å². The van der Waals surface area contributed by atoms with Crippen molar-refractivity contribution in [1.82, 2.24) is 0 Å². The Kier molecular flexibility index (Phi) is 2.61. The average Bonchev–Trinajstić information content (AvgIpc) is 2.08. The molecule has 1 rings (SSSR count). The first-order chi connectivity index (χ1) is 5.66. The number of rotatable bonds is 2. The summed E-state index contributed by atoms with van der Waals surface area (Å²) in [6.45, 7) is 5.28. The molecule has 1 atom stereocenters. The van der Waals surface area contributed by atoms with Crippen molar-refractivity contribution in [3.05, 3.63) is 47.8 Å². The van der Waals surface area contributed by atoms with Gasteiger partial charge in [-0.3, -0.25) is 0 Å². The van der Waals surface area contributed by atoms with Crippen molar-refractivity contribution in [3.8, 4) is 0 Å². The second-order valence-electron chi connectivity index (χ2n) is 2.72. The van der Waals surface area contributed by atoms with Gasteiger partial charge in [0.05, 0.1) is 0 Å². The molecule has 0 aliphatic carbocycles. The monoisotopic (exact) mass is 165 g/mol. The Morgan fingerprint density at radius 1 is 1.58 bits per heavy atom. The van der Waals surface area contributed by atoms with Crippen molar-refractivity contribution in [2.75, 3.05) is 0 Å². The summed E-state index contributed by atoms with van der Waals surface area (Å²) in [5.41, 5.74) is 7.08. The average molecular weight is 165 g/mol. The van der Waals surface area contributed by atoms with E-state index in [1.165, 1.54) is 6.07 Å². The lowest BCUT2D eigenvalue weighted by Crippen LogP contribution is -2.08. The van der Waals surface area contributed by atoms with E-state index in [2.05, 4.69) is 6.58 Å². The lowest BCUT2D eigenvalue weighted by Gasteiger charge is -2.10. The molecule has 0 radical (unpaired) electrons. The van der Waals surface area contributed by atoms with E-state index in [0.29, 0.717) is 5.56 Å². The Bertz CT molecular complexity index is 294. The van der Waals surface area contributed by atoms with Gasteiger partial charge in [-0.05, 0) is 24.1 Å². The molecule has 0 heterocycles. The molecule has 12 heavy (non-hydrogen) atoms. The van der Waals surface area contributed by atoms with Gasteiger partial charge in [0.25, 0.3) is 0 Å². The summed E-state index contributed by atoms with van der Waals surface area (Å²) in [5.74, 6) is -0.218. The first kappa shape index (κ1) is 8.94. The predicted octanol–water partition coefficient (Wildman–Crippen LogP) is 2.32. The van der Waals surface area contributed by atoms with Gasteiger partial charge in [-0.2, -0.15) is 0 Å². The minimum atomic E-state index is -0.277. The SMILES string of the molecule is C=C[C@@H](N)c1cccc(F)c1C. The van der Waals surface area contributed by atoms with E-state index in [1.54, 1.807) is 19.1 Å². The summed E-state index contributed by atoms with van der Waals surface area (Å²) in [5, 5.41) is 0. The highest BCUT2D eigenvalue weighted by atomic mass is 19.1. The van der Waals surface area contributed by atoms with Crippen LogP contribution in [0.25, 0.3) is 0 Å². The smallest absolute Gasteiger partial charge is 0.126 e. The second-order valence-corrected chi connectivity index (χ2v) is 2.72. The molecule has 64 valence electrons. The molecule has 0 aliphatic rings. The van der Waals surface area contributed by atoms with Crippen LogP contribution in [-0.2, 0) is 0 Å². The highest BCUT2D eigenvalue weighted by Crippen LogP contribution is 2.18. The summed E-state index contributed by atoms with van der Waals surface area (Å²) < 4.78 is 13.0. The molecule has 1 aromatic carbocycles. The first-order valence-corrected chi connectivity index (χ1v) is 3.80. The van der Waals surface area contributed by atoms with Crippen molar-refractivity contribution in [1.29, 1.82) is 0 Å². The lowest BCUT2D eigenvalue weighted by molar-refractivity contribution is 0.613. The van der Waals surface area contributed by atoms with E-state index in [0.717, 1.165) is 5.56 Å². The summed E-state index contributed by atoms with van der Waals surface area (Å²) in [7, 11) is 0. The first-order valence-electron chi connectivity index (χ1n) is 3.80. The number of hydrogen-bond donors (Lipinski definition) is 1. The van der Waals surface area contributed by atoms with Gasteiger partial charge in [-0.1, -0.05) is 18.2 Å². The molecule has 0 bridgehead atoms. The molecule has 0 aliphatic heterocycles. The highest BCUT2D eigenvalue weighted by Gasteiger charge is 2.07. The van der Waals surface area contributed by atoms with E-state index in [9.17, 15) is 4.39 Å². The van der Waals surface area contributed by atoms with Gasteiger partial charge in [0, 0.05) is 6.04 Å². The highest BCUT2D eigenvalue weighted by molar-refractivity contribution is 5.31. The normalized spacial score (nSPS) is 12.6. The van der Waals surface area contributed by atoms with Gasteiger partial charge >= 0.3 is 0 Å². The van der Waals surface area contributed by atoms with E-state index < -0.39 is 0 Å². The van der Waals surface area contributed by atoms with Gasteiger partial charge < -0.3 is 5.73 Å². The molecule has 0 saturated carbocycles. The van der Waals surface area contributed by atoms with Crippen molar-refractivity contribution in [3.63, 3.8) is 0 Å². The third kappa shape index (κ3) is 1.53. The molecule has 0 aromatic heterocycles. The fourth-order valence-electron chi connectivity index (χ4n) is 1.11. The lowest BCUT2D eigenvalue weighted by atomic mass is 10.0. The van der Waals surface area contributed by atoms with E-state index in [-0.39, 0.29) is 11.9 Å². The van der Waals surface area contributed by atoms with Crippen molar-refractivity contribution < 1.29 is 4.39 Å². The molecular formula is C10H12FN. The molecule has 0 unspecified atom stereocenters. The number of hydrogen-bond acceptors (Lipinski definition) is 1. The number of nitrogens with two attached hydrogens (primary N) is 1. The third-order valence-corrected chi connectivity index (χ3v) is 1.92. The predicted molar refractivity (Wildman–Crippen MR) is 48.3 cm³/mol. The number of halogens is 1. The van der Waals surface area contributed by atoms with Crippen LogP contribution in [0.1, 0.15) is 17.2 Å². The molecule has 0 amide bonds. The van der Waals surface area contributed by atoms with E-state index >= 15 is 0 Å². The second kappa shape index (κ2) is 3.50. The summed E-state index contributed by atoms with van der Waals surface area (Å²) in [6, 6.07) is 4.61. The zero-order chi connectivity index (χ0) is 9.14. The minimum absolute atomic E-state index is 0.218. The Morgan fingerprint density at radius 3 is 2.83 bits per heavy atom. The van der Waals surface area contributed by atoms with E-state index in [4.69, 9.17) is 5.73 Å². The van der Waals surface area contributed by atoms with Crippen molar-refractivity contribution in [2.45, 2.75) is 13.0 Å². The van der Waals surface area contributed by atoms with Crippen LogP contribution in [0.4, 0.5) is 4.39 Å². The van der Waals surface area contributed by atoms with Crippen LogP contribution in [-0.4, -0.2) is 0 Å². The number of benzene rings is 1. The molecule has 2 N–H and O–H groups in total. The summed E-state index contributed by atoms with van der Waals surface area (Å²) in [4.78, 5) is 0. The van der Waals surface area contributed by atoms with Gasteiger partial charge in [-0.15, -0.1) is 6.58 Å². The van der Waals surface area contributed by atoms with Crippen LogP contribution in [0.3, 0.4) is 0 Å². The van der Waals surface area contributed by atoms with Gasteiger partial charge in [0.15, 0.2) is 0 Å². The standard InChI is InChI=1S/C10H12FN/c1-3-10(12)8-5-4-6-9(11)7(8)2/h3-6,10H,1,12H2,2H3/t10-/m1/s1. The molecule has 2 heteroatoms. The molecular weight excluding hydrogens is 153 g/mol. The topological polar surface area (TPSA) is 26.0 Å². The summed E-state index contributed by atoms with van der Waals surface area (Å²) >= 11 is 0. The fraction of sp³-hybridized carbons (Fsp3) is 0.200. The minimum Gasteiger partial charge on any atom is -0.321 e. The van der Waals surface area contributed by atoms with Crippen molar-refractivity contribution >= 4 is 0 Å². The molecule has 0 spiro atoms. The van der Waals surface area contributed by atoms with E-state index in [1.807, 2.05) is 6.07 Å². The molecule has 0 saturated heterocycles. The van der Waals surface area contributed by atoms with Crippen LogP contribution in [0.5, 0.6) is 0 Å². The Morgan fingerprint density at radius 2 is 2.25 bits per heavy atom. The fourth-order valence-corrected chi connectivity index (χ4v) is 1.11. The summed E-state index contributed by atoms with van der Waals surface area (Å²) in [6.07, 6.45) is 1.60. The van der Waals surface area contributed by atoms with Crippen LogP contribution < -0.4 is 5.73 Å². The molecule has 1 nitrogen and oxygen atoms in total. The quantitative estimate of drug-likeness (QED) is 0.669. The maximum Gasteiger partial charge on any atom is 0.126 e. The van der Waals surface area contributed by atoms with Crippen LogP contribution in [0, 0.1) is 12.7 Å². The maximum absolute atomic E-state index is 13.0. The molecule has 0 fully saturated rings. The van der Waals surface area contributed by atoms with Crippen LogP contribution in [0.2, 0.25) is 0 Å². The van der Waals surface area contributed by atoms with Gasteiger partial charge in [0.2, 0.25) is 0 Å².